The summed E-state index contributed by atoms with van der Waals surface area (Å²) in [7, 11) is 0. The highest BCUT2D eigenvalue weighted by Crippen LogP contribution is 2.34. The molecular formula is C9H8F3NO. The summed E-state index contributed by atoms with van der Waals surface area (Å²) in [6.45, 7) is 0.660. The quantitative estimate of drug-likeness (QED) is 0.757. The molecule has 14 heavy (non-hydrogen) atoms. The van der Waals surface area contributed by atoms with Crippen molar-refractivity contribution in [1.82, 2.24) is 0 Å². The summed E-state index contributed by atoms with van der Waals surface area (Å²) >= 11 is 0. The second kappa shape index (κ2) is 3.08. The molecule has 2 rings (SSSR count). The minimum atomic E-state index is -4.61. The molecule has 1 N–H and O–H groups in total. The first kappa shape index (κ1) is 9.18. The number of hydrogen-bond acceptors (Lipinski definition) is 2. The van der Waals surface area contributed by atoms with Crippen LogP contribution in [-0.2, 0) is 6.42 Å². The van der Waals surface area contributed by atoms with Gasteiger partial charge >= 0.3 is 6.36 Å². The summed E-state index contributed by atoms with van der Waals surface area (Å²) in [5, 5.41) is 2.98. The van der Waals surface area contributed by atoms with E-state index in [9.17, 15) is 13.2 Å². The first-order chi connectivity index (χ1) is 6.56. The molecule has 0 aromatic heterocycles. The number of anilines is 1. The number of fused-ring (bicyclic) bond motifs is 1. The van der Waals surface area contributed by atoms with Crippen molar-refractivity contribution in [3.8, 4) is 5.75 Å². The van der Waals surface area contributed by atoms with Gasteiger partial charge in [0.25, 0.3) is 0 Å². The van der Waals surface area contributed by atoms with Crippen LogP contribution in [0.4, 0.5) is 18.9 Å². The standard InChI is InChI=1S/C9H8F3NO/c10-9(11,12)14-8-3-1-2-7-6(8)4-5-13-7/h1-3,13H,4-5H2. The Kier molecular flexibility index (Phi) is 2.02. The topological polar surface area (TPSA) is 21.3 Å². The maximum atomic E-state index is 12.0. The number of halogens is 3. The fourth-order valence-electron chi connectivity index (χ4n) is 1.53. The number of benzene rings is 1. The van der Waals surface area contributed by atoms with E-state index in [1.165, 1.54) is 12.1 Å². The summed E-state index contributed by atoms with van der Waals surface area (Å²) in [5.41, 5.74) is 1.33. The Morgan fingerprint density at radius 1 is 1.29 bits per heavy atom. The molecule has 0 amide bonds. The molecule has 0 atom stereocenters. The van der Waals surface area contributed by atoms with Crippen LogP contribution < -0.4 is 10.1 Å². The van der Waals surface area contributed by atoms with Crippen molar-refractivity contribution in [2.75, 3.05) is 11.9 Å². The number of rotatable bonds is 1. The predicted molar refractivity (Wildman–Crippen MR) is 45.3 cm³/mol. The third-order valence-corrected chi connectivity index (χ3v) is 2.05. The van der Waals surface area contributed by atoms with E-state index in [0.29, 0.717) is 18.5 Å². The van der Waals surface area contributed by atoms with Gasteiger partial charge in [-0.3, -0.25) is 0 Å². The van der Waals surface area contributed by atoms with E-state index in [2.05, 4.69) is 10.1 Å². The Hall–Kier alpha value is -1.39. The van der Waals surface area contributed by atoms with E-state index in [-0.39, 0.29) is 5.75 Å². The number of hydrogen-bond donors (Lipinski definition) is 1. The molecule has 1 aliphatic rings. The van der Waals surface area contributed by atoms with Crippen LogP contribution in [0.3, 0.4) is 0 Å². The maximum absolute atomic E-state index is 12.0. The van der Waals surface area contributed by atoms with Crippen molar-refractivity contribution in [2.45, 2.75) is 12.8 Å². The van der Waals surface area contributed by atoms with E-state index in [1.54, 1.807) is 6.07 Å². The summed E-state index contributed by atoms with van der Waals surface area (Å²) in [6.07, 6.45) is -4.04. The second-order valence-electron chi connectivity index (χ2n) is 3.01. The summed E-state index contributed by atoms with van der Waals surface area (Å²) < 4.78 is 39.8. The van der Waals surface area contributed by atoms with E-state index in [4.69, 9.17) is 0 Å². The van der Waals surface area contributed by atoms with Crippen molar-refractivity contribution in [2.24, 2.45) is 0 Å². The minimum Gasteiger partial charge on any atom is -0.405 e. The van der Waals surface area contributed by atoms with E-state index in [0.717, 1.165) is 5.69 Å². The average Bonchev–Trinajstić information content (AvgIpc) is 2.49. The van der Waals surface area contributed by atoms with Crippen molar-refractivity contribution in [3.05, 3.63) is 23.8 Å². The average molecular weight is 203 g/mol. The molecule has 0 aliphatic carbocycles. The highest BCUT2D eigenvalue weighted by Gasteiger charge is 2.32. The maximum Gasteiger partial charge on any atom is 0.573 e. The Balaban J connectivity index is 2.31. The molecule has 1 heterocycles. The van der Waals surface area contributed by atoms with Gasteiger partial charge in [0.05, 0.1) is 0 Å². The van der Waals surface area contributed by atoms with Crippen LogP contribution in [0.5, 0.6) is 5.75 Å². The summed E-state index contributed by atoms with van der Waals surface area (Å²) in [5.74, 6) is -0.0972. The van der Waals surface area contributed by atoms with Crippen LogP contribution in [0, 0.1) is 0 Å². The third-order valence-electron chi connectivity index (χ3n) is 2.05. The Labute approximate surface area is 78.7 Å². The van der Waals surface area contributed by atoms with Crippen LogP contribution in [0.25, 0.3) is 0 Å². The van der Waals surface area contributed by atoms with Gasteiger partial charge in [0.1, 0.15) is 5.75 Å². The van der Waals surface area contributed by atoms with Gasteiger partial charge in [-0.1, -0.05) is 6.07 Å². The molecule has 0 bridgehead atoms. The SMILES string of the molecule is FC(F)(F)Oc1cccc2c1CCN2. The van der Waals surface area contributed by atoms with E-state index >= 15 is 0 Å². The lowest BCUT2D eigenvalue weighted by molar-refractivity contribution is -0.274. The molecule has 0 fully saturated rings. The van der Waals surface area contributed by atoms with Gasteiger partial charge in [0.15, 0.2) is 0 Å². The molecule has 0 unspecified atom stereocenters. The Morgan fingerprint density at radius 3 is 2.79 bits per heavy atom. The highest BCUT2D eigenvalue weighted by atomic mass is 19.4. The van der Waals surface area contributed by atoms with Crippen LogP contribution in [0.15, 0.2) is 18.2 Å². The predicted octanol–water partition coefficient (Wildman–Crippen LogP) is 2.55. The van der Waals surface area contributed by atoms with Crippen molar-refractivity contribution < 1.29 is 17.9 Å². The molecule has 0 saturated carbocycles. The molecule has 0 spiro atoms. The highest BCUT2D eigenvalue weighted by molar-refractivity contribution is 5.61. The van der Waals surface area contributed by atoms with Gasteiger partial charge in [-0.25, -0.2) is 0 Å². The van der Waals surface area contributed by atoms with Crippen LogP contribution in [-0.4, -0.2) is 12.9 Å². The molecule has 1 aliphatic heterocycles. The lowest BCUT2D eigenvalue weighted by Crippen LogP contribution is -2.17. The second-order valence-corrected chi connectivity index (χ2v) is 3.01. The Morgan fingerprint density at radius 2 is 2.07 bits per heavy atom. The van der Waals surface area contributed by atoms with Gasteiger partial charge in [-0.05, 0) is 18.6 Å². The molecule has 2 nitrogen and oxygen atoms in total. The van der Waals surface area contributed by atoms with E-state index < -0.39 is 6.36 Å². The van der Waals surface area contributed by atoms with Gasteiger partial charge in [-0.15, -0.1) is 13.2 Å². The van der Waals surface area contributed by atoms with Gasteiger partial charge in [0.2, 0.25) is 0 Å². The van der Waals surface area contributed by atoms with Crippen molar-refractivity contribution in [3.63, 3.8) is 0 Å². The largest absolute Gasteiger partial charge is 0.573 e. The van der Waals surface area contributed by atoms with Crippen LogP contribution >= 0.6 is 0 Å². The third kappa shape index (κ3) is 1.76. The molecule has 76 valence electrons. The van der Waals surface area contributed by atoms with E-state index in [1.807, 2.05) is 0 Å². The molecule has 1 aromatic carbocycles. The Bertz CT molecular complexity index is 348. The molecule has 0 radical (unpaired) electrons. The zero-order valence-electron chi connectivity index (χ0n) is 7.19. The minimum absolute atomic E-state index is 0.0972. The number of nitrogens with one attached hydrogen (secondary N) is 1. The zero-order chi connectivity index (χ0) is 10.2. The van der Waals surface area contributed by atoms with Crippen LogP contribution in [0.1, 0.15) is 5.56 Å². The first-order valence-electron chi connectivity index (χ1n) is 4.18. The number of alkyl halides is 3. The molecule has 1 aromatic rings. The zero-order valence-corrected chi connectivity index (χ0v) is 7.19. The normalized spacial score (nSPS) is 14.8. The first-order valence-corrected chi connectivity index (χ1v) is 4.18. The van der Waals surface area contributed by atoms with Gasteiger partial charge in [0, 0.05) is 17.8 Å². The van der Waals surface area contributed by atoms with Crippen LogP contribution in [0.2, 0.25) is 0 Å². The monoisotopic (exact) mass is 203 g/mol. The smallest absolute Gasteiger partial charge is 0.405 e. The molecule has 5 heteroatoms. The van der Waals surface area contributed by atoms with Crippen molar-refractivity contribution >= 4 is 5.69 Å². The number of ether oxygens (including phenoxy) is 1. The fraction of sp³-hybridized carbons (Fsp3) is 0.333. The molecular weight excluding hydrogens is 195 g/mol. The molecule has 0 saturated heterocycles. The lowest BCUT2D eigenvalue weighted by Gasteiger charge is -2.11. The van der Waals surface area contributed by atoms with Crippen molar-refractivity contribution in [1.29, 1.82) is 0 Å². The fourth-order valence-corrected chi connectivity index (χ4v) is 1.53. The van der Waals surface area contributed by atoms with Gasteiger partial charge < -0.3 is 10.1 Å². The van der Waals surface area contributed by atoms with Gasteiger partial charge in [-0.2, -0.15) is 0 Å². The summed E-state index contributed by atoms with van der Waals surface area (Å²) in [6, 6.07) is 4.61. The summed E-state index contributed by atoms with van der Waals surface area (Å²) in [4.78, 5) is 0. The lowest BCUT2D eigenvalue weighted by atomic mass is 10.1.